The predicted molar refractivity (Wildman–Crippen MR) is 112 cm³/mol. The minimum absolute atomic E-state index is 0.0590. The number of anilines is 1. The molecule has 2 aromatic heterocycles. The van der Waals surface area contributed by atoms with Crippen LogP contribution in [0.4, 0.5) is 5.69 Å². The number of benzene rings is 1. The summed E-state index contributed by atoms with van der Waals surface area (Å²) in [5.74, 6) is -0.0590. The van der Waals surface area contributed by atoms with Gasteiger partial charge in [-0.2, -0.15) is 0 Å². The number of pyridine rings is 1. The van der Waals surface area contributed by atoms with E-state index in [1.807, 2.05) is 0 Å². The number of hydrogen-bond acceptors (Lipinski definition) is 9. The highest BCUT2D eigenvalue weighted by atomic mass is 32.2. The van der Waals surface area contributed by atoms with E-state index in [0.29, 0.717) is 22.4 Å². The van der Waals surface area contributed by atoms with E-state index in [9.17, 15) is 23.7 Å². The van der Waals surface area contributed by atoms with Crippen LogP contribution in [0.2, 0.25) is 0 Å². The van der Waals surface area contributed by atoms with Crippen molar-refractivity contribution >= 4 is 33.0 Å². The Morgan fingerprint density at radius 2 is 1.97 bits per heavy atom. The van der Waals surface area contributed by atoms with E-state index in [1.165, 1.54) is 29.2 Å². The molecule has 11 nitrogen and oxygen atoms in total. The third-order valence-electron chi connectivity index (χ3n) is 4.95. The second kappa shape index (κ2) is 8.24. The first-order valence-electron chi connectivity index (χ1n) is 9.31. The number of phenols is 1. The van der Waals surface area contributed by atoms with Crippen LogP contribution < -0.4 is 10.5 Å². The van der Waals surface area contributed by atoms with Gasteiger partial charge in [-0.3, -0.25) is 4.57 Å². The summed E-state index contributed by atoms with van der Waals surface area (Å²) in [4.78, 5) is 8.34. The summed E-state index contributed by atoms with van der Waals surface area (Å²) in [6.07, 6.45) is -0.630. The quantitative estimate of drug-likeness (QED) is 0.346. The van der Waals surface area contributed by atoms with Gasteiger partial charge in [0.2, 0.25) is 10.0 Å². The molecule has 0 aliphatic carbocycles. The molecule has 6 N–H and O–H groups in total. The molecule has 4 rings (SSSR count). The maximum Gasteiger partial charge on any atom is 0.233 e. The van der Waals surface area contributed by atoms with Crippen LogP contribution in [0.15, 0.2) is 48.3 Å². The lowest BCUT2D eigenvalue weighted by atomic mass is 10.1. The normalized spacial score (nSPS) is 24.3. The molecule has 31 heavy (non-hydrogen) atoms. The van der Waals surface area contributed by atoms with Crippen molar-refractivity contribution < 1.29 is 28.5 Å². The molecule has 3 aromatic rings. The molecule has 4 atom stereocenters. The highest BCUT2D eigenvalue weighted by molar-refractivity contribution is 7.92. The largest absolute Gasteiger partial charge is 0.507 e. The standard InChI is InChI=1S/C19H21N5O6S/c20-12-5-7-21-18-15(12)22-10-24(18)19-17(27)16(26)14(30-19)9-23-31(28,29)8-6-11-3-1-2-4-13(11)25/h1-8,10,14,16-17,19,23,25-27H,9H2,(H2,20,21)/b8-6+/t14-,16?,17+,19-/m1/s1. The number of fused-ring (bicyclic) bond motifs is 1. The second-order valence-electron chi connectivity index (χ2n) is 7.03. The Balaban J connectivity index is 1.46. The van der Waals surface area contributed by atoms with Crippen LogP contribution in [0.25, 0.3) is 17.2 Å². The van der Waals surface area contributed by atoms with Gasteiger partial charge < -0.3 is 25.8 Å². The first-order valence-corrected chi connectivity index (χ1v) is 10.9. The summed E-state index contributed by atoms with van der Waals surface area (Å²) in [5, 5.41) is 31.4. The Kier molecular flexibility index (Phi) is 5.64. The van der Waals surface area contributed by atoms with Crippen LogP contribution in [-0.4, -0.2) is 63.1 Å². The number of nitrogens with two attached hydrogens (primary N) is 1. The summed E-state index contributed by atoms with van der Waals surface area (Å²) in [5.41, 5.74) is 7.38. The van der Waals surface area contributed by atoms with Gasteiger partial charge in [-0.15, -0.1) is 0 Å². The lowest BCUT2D eigenvalue weighted by Gasteiger charge is -2.16. The number of nitrogen functional groups attached to an aromatic ring is 1. The van der Waals surface area contributed by atoms with E-state index in [1.54, 1.807) is 24.3 Å². The Morgan fingerprint density at radius 1 is 1.19 bits per heavy atom. The molecule has 1 saturated heterocycles. The fourth-order valence-corrected chi connectivity index (χ4v) is 4.12. The number of rotatable bonds is 6. The van der Waals surface area contributed by atoms with Crippen molar-refractivity contribution in [3.05, 3.63) is 53.8 Å². The van der Waals surface area contributed by atoms with E-state index >= 15 is 0 Å². The van der Waals surface area contributed by atoms with Gasteiger partial charge in [0.25, 0.3) is 0 Å². The number of imidazole rings is 1. The topological polar surface area (TPSA) is 173 Å². The maximum atomic E-state index is 12.3. The molecule has 0 spiro atoms. The van der Waals surface area contributed by atoms with Crippen LogP contribution in [0.3, 0.4) is 0 Å². The second-order valence-corrected chi connectivity index (χ2v) is 8.68. The number of hydrogen-bond donors (Lipinski definition) is 5. The first-order chi connectivity index (χ1) is 14.8. The van der Waals surface area contributed by atoms with E-state index in [2.05, 4.69) is 14.7 Å². The summed E-state index contributed by atoms with van der Waals surface area (Å²) < 4.78 is 34.0. The summed E-state index contributed by atoms with van der Waals surface area (Å²) >= 11 is 0. The lowest BCUT2D eigenvalue weighted by molar-refractivity contribution is -0.0329. The molecule has 1 aliphatic heterocycles. The number of para-hydroxylation sites is 1. The molecule has 1 aliphatic rings. The van der Waals surface area contributed by atoms with Gasteiger partial charge in [-0.1, -0.05) is 18.2 Å². The van der Waals surface area contributed by atoms with E-state index in [4.69, 9.17) is 10.5 Å². The molecule has 3 heterocycles. The van der Waals surface area contributed by atoms with Gasteiger partial charge in [0.05, 0.1) is 12.0 Å². The van der Waals surface area contributed by atoms with Crippen LogP contribution in [-0.2, 0) is 14.8 Å². The zero-order chi connectivity index (χ0) is 22.2. The first kappa shape index (κ1) is 21.2. The van der Waals surface area contributed by atoms with E-state index < -0.39 is 34.6 Å². The number of nitrogens with zero attached hydrogens (tertiary/aromatic N) is 3. The average molecular weight is 447 g/mol. The number of sulfonamides is 1. The van der Waals surface area contributed by atoms with Crippen LogP contribution in [0, 0.1) is 0 Å². The van der Waals surface area contributed by atoms with Crippen molar-refractivity contribution in [2.24, 2.45) is 0 Å². The SMILES string of the molecule is Nc1ccnc2c1ncn2[C@@H]1O[C@H](CNS(=O)(=O)/C=C/c2ccccc2O)C(O)[C@@H]1O. The molecule has 1 fully saturated rings. The van der Waals surface area contributed by atoms with Crippen molar-refractivity contribution in [3.8, 4) is 5.75 Å². The van der Waals surface area contributed by atoms with Crippen molar-refractivity contribution in [2.75, 3.05) is 12.3 Å². The van der Waals surface area contributed by atoms with Crippen molar-refractivity contribution in [2.45, 2.75) is 24.5 Å². The Morgan fingerprint density at radius 3 is 2.74 bits per heavy atom. The van der Waals surface area contributed by atoms with Crippen molar-refractivity contribution in [1.29, 1.82) is 0 Å². The van der Waals surface area contributed by atoms with Gasteiger partial charge in [-0.25, -0.2) is 23.1 Å². The Bertz CT molecular complexity index is 1230. The fourth-order valence-electron chi connectivity index (χ4n) is 3.30. The minimum atomic E-state index is -3.90. The third-order valence-corrected chi connectivity index (χ3v) is 6.02. The average Bonchev–Trinajstić information content (AvgIpc) is 3.29. The molecule has 1 aromatic carbocycles. The lowest BCUT2D eigenvalue weighted by Crippen LogP contribution is -2.39. The summed E-state index contributed by atoms with van der Waals surface area (Å²) in [6.45, 7) is -0.287. The van der Waals surface area contributed by atoms with Gasteiger partial charge >= 0.3 is 0 Å². The number of ether oxygens (including phenoxy) is 1. The Labute approximate surface area is 177 Å². The van der Waals surface area contributed by atoms with E-state index in [0.717, 1.165) is 5.41 Å². The number of nitrogens with one attached hydrogen (secondary N) is 1. The minimum Gasteiger partial charge on any atom is -0.507 e. The fraction of sp³-hybridized carbons (Fsp3) is 0.263. The number of phenolic OH excluding ortho intramolecular Hbond substituents is 1. The summed E-state index contributed by atoms with van der Waals surface area (Å²) in [6, 6.07) is 7.86. The zero-order valence-electron chi connectivity index (χ0n) is 16.1. The van der Waals surface area contributed by atoms with E-state index in [-0.39, 0.29) is 12.3 Å². The van der Waals surface area contributed by atoms with Gasteiger partial charge in [0, 0.05) is 23.7 Å². The van der Waals surface area contributed by atoms with Gasteiger partial charge in [0.15, 0.2) is 11.9 Å². The molecule has 0 saturated carbocycles. The molecule has 164 valence electrons. The molecule has 1 unspecified atom stereocenters. The summed E-state index contributed by atoms with van der Waals surface area (Å²) in [7, 11) is -3.90. The van der Waals surface area contributed by atoms with Crippen molar-refractivity contribution in [3.63, 3.8) is 0 Å². The molecular formula is C19H21N5O6S. The van der Waals surface area contributed by atoms with Crippen LogP contribution >= 0.6 is 0 Å². The highest BCUT2D eigenvalue weighted by Crippen LogP contribution is 2.32. The number of aliphatic hydroxyl groups is 2. The maximum absolute atomic E-state index is 12.3. The zero-order valence-corrected chi connectivity index (χ0v) is 16.9. The molecular weight excluding hydrogens is 426 g/mol. The molecule has 12 heteroatoms. The predicted octanol–water partition coefficient (Wildman–Crippen LogP) is -0.0714. The third kappa shape index (κ3) is 4.24. The number of aromatic hydroxyl groups is 1. The monoisotopic (exact) mass is 447 g/mol. The number of aliphatic hydroxyl groups excluding tert-OH is 2. The van der Waals surface area contributed by atoms with Crippen LogP contribution in [0.5, 0.6) is 5.75 Å². The molecule has 0 amide bonds. The van der Waals surface area contributed by atoms with Crippen LogP contribution in [0.1, 0.15) is 11.8 Å². The smallest absolute Gasteiger partial charge is 0.233 e. The van der Waals surface area contributed by atoms with Gasteiger partial charge in [-0.05, 0) is 18.2 Å². The molecule has 0 radical (unpaired) electrons. The van der Waals surface area contributed by atoms with Crippen molar-refractivity contribution in [1.82, 2.24) is 19.3 Å². The number of aromatic nitrogens is 3. The van der Waals surface area contributed by atoms with Gasteiger partial charge in [0.1, 0.15) is 29.6 Å². The highest BCUT2D eigenvalue weighted by Gasteiger charge is 2.44. The molecule has 0 bridgehead atoms. The Hall–Kier alpha value is -3.03.